The standard InChI is InChI=1S/C64H109O11P/c1-4-7-10-13-16-19-22-25-27-29-30-32-33-36-38-41-44-47-50-53-62(66)71-57-61(75-64(68)55-52-49-46-43-40-37-34-31-28-26-23-20-17-14-11-8-5-2)59-73-76(69,70)72-58-60(56-65)74-63(67)54-51-48-45-42-39-35-24-21-18-15-12-9-6-3/h7,9-10,12,16,18-19,21,25-28,30,32,35,39,60-61,65H,4-6,8,11,13-15,17,20,22-24,29,31,33-34,36-38,40-59H2,1-3H3,(H,69,70)/b10-7-,12-9-,19-16-,21-18-,27-25-,28-26-,32-30-,39-35-. The fourth-order valence-electron chi connectivity index (χ4n) is 7.94. The quantitative estimate of drug-likeness (QED) is 0.0197. The average Bonchev–Trinajstić information content (AvgIpc) is 3.41. The van der Waals surface area contributed by atoms with Gasteiger partial charge in [0.1, 0.15) is 12.7 Å². The van der Waals surface area contributed by atoms with Crippen LogP contribution in [0.25, 0.3) is 0 Å². The van der Waals surface area contributed by atoms with Crippen molar-refractivity contribution in [1.82, 2.24) is 0 Å². The Morgan fingerprint density at radius 3 is 1.08 bits per heavy atom. The van der Waals surface area contributed by atoms with E-state index in [1.807, 2.05) is 0 Å². The molecular formula is C64H109O11P. The van der Waals surface area contributed by atoms with Crippen LogP contribution in [-0.2, 0) is 42.2 Å². The number of esters is 3. The molecule has 12 heteroatoms. The fourth-order valence-corrected chi connectivity index (χ4v) is 8.73. The lowest BCUT2D eigenvalue weighted by atomic mass is 10.1. The SMILES string of the molecule is CC/C=C\C/C=C\C/C=C\C/C=C\CCCCCCCCC(=O)OCC(COP(=O)(O)OCC(CO)OC(=O)CCCCC/C=C\C/C=C\C/C=C\CC)OC(=O)CCCCCCCCC/C=C\CCCCCCCC. The van der Waals surface area contributed by atoms with Crippen molar-refractivity contribution in [1.29, 1.82) is 0 Å². The van der Waals surface area contributed by atoms with Crippen molar-refractivity contribution in [3.05, 3.63) is 97.2 Å². The van der Waals surface area contributed by atoms with E-state index in [0.29, 0.717) is 19.3 Å². The van der Waals surface area contributed by atoms with E-state index in [1.54, 1.807) is 0 Å². The number of aliphatic hydroxyl groups excluding tert-OH is 1. The second kappa shape index (κ2) is 57.6. The topological polar surface area (TPSA) is 155 Å². The summed E-state index contributed by atoms with van der Waals surface area (Å²) in [5.41, 5.74) is 0. The molecule has 0 saturated carbocycles. The van der Waals surface area contributed by atoms with Crippen molar-refractivity contribution in [3.63, 3.8) is 0 Å². The summed E-state index contributed by atoms with van der Waals surface area (Å²) in [6.07, 6.45) is 67.9. The second-order valence-electron chi connectivity index (χ2n) is 19.7. The van der Waals surface area contributed by atoms with Crippen molar-refractivity contribution >= 4 is 25.7 Å². The number of hydrogen-bond acceptors (Lipinski definition) is 10. The van der Waals surface area contributed by atoms with Crippen molar-refractivity contribution < 1.29 is 52.2 Å². The van der Waals surface area contributed by atoms with E-state index in [1.165, 1.54) is 57.8 Å². The molecule has 0 aliphatic heterocycles. The predicted molar refractivity (Wildman–Crippen MR) is 316 cm³/mol. The van der Waals surface area contributed by atoms with Crippen molar-refractivity contribution in [2.24, 2.45) is 0 Å². The predicted octanol–water partition coefficient (Wildman–Crippen LogP) is 18.0. The third-order valence-corrected chi connectivity index (χ3v) is 13.4. The number of allylic oxidation sites excluding steroid dienone is 16. The summed E-state index contributed by atoms with van der Waals surface area (Å²) in [7, 11) is -4.77. The zero-order chi connectivity index (χ0) is 55.5. The van der Waals surface area contributed by atoms with E-state index >= 15 is 0 Å². The van der Waals surface area contributed by atoms with Crippen LogP contribution in [0, 0.1) is 0 Å². The zero-order valence-corrected chi connectivity index (χ0v) is 49.1. The smallest absolute Gasteiger partial charge is 0.462 e. The van der Waals surface area contributed by atoms with Crippen molar-refractivity contribution in [2.45, 2.75) is 264 Å². The Morgan fingerprint density at radius 1 is 0.382 bits per heavy atom. The van der Waals surface area contributed by atoms with Gasteiger partial charge in [0.25, 0.3) is 0 Å². The minimum atomic E-state index is -4.77. The summed E-state index contributed by atoms with van der Waals surface area (Å²) in [6, 6.07) is 0. The molecule has 0 aliphatic rings. The molecule has 0 rings (SSSR count). The third-order valence-electron chi connectivity index (χ3n) is 12.5. The lowest BCUT2D eigenvalue weighted by Gasteiger charge is -2.21. The molecule has 0 aromatic carbocycles. The van der Waals surface area contributed by atoms with Crippen LogP contribution in [0.2, 0.25) is 0 Å². The maximum absolute atomic E-state index is 12.9. The van der Waals surface area contributed by atoms with Gasteiger partial charge in [-0.3, -0.25) is 23.4 Å². The lowest BCUT2D eigenvalue weighted by molar-refractivity contribution is -0.161. The Kier molecular flexibility index (Phi) is 54.8. The van der Waals surface area contributed by atoms with Crippen LogP contribution in [0.1, 0.15) is 252 Å². The maximum Gasteiger partial charge on any atom is 0.472 e. The summed E-state index contributed by atoms with van der Waals surface area (Å²) in [5.74, 6) is -1.52. The number of unbranched alkanes of at least 4 members (excludes halogenated alkanes) is 22. The molecule has 0 aromatic heterocycles. The van der Waals surface area contributed by atoms with Crippen LogP contribution in [-0.4, -0.2) is 66.5 Å². The number of carbonyl (C=O) groups excluding carboxylic acids is 3. The number of carbonyl (C=O) groups is 3. The summed E-state index contributed by atoms with van der Waals surface area (Å²) in [6.45, 7) is 4.37. The number of rotatable bonds is 55. The molecule has 0 fully saturated rings. The first-order chi connectivity index (χ1) is 37.2. The maximum atomic E-state index is 12.9. The van der Waals surface area contributed by atoms with E-state index in [9.17, 15) is 28.9 Å². The largest absolute Gasteiger partial charge is 0.472 e. The van der Waals surface area contributed by atoms with Gasteiger partial charge < -0.3 is 24.2 Å². The van der Waals surface area contributed by atoms with Gasteiger partial charge in [-0.05, 0) is 116 Å². The number of phosphoric acid groups is 1. The second-order valence-corrected chi connectivity index (χ2v) is 21.2. The van der Waals surface area contributed by atoms with Gasteiger partial charge >= 0.3 is 25.7 Å². The summed E-state index contributed by atoms with van der Waals surface area (Å²) < 4.78 is 39.5. The van der Waals surface area contributed by atoms with Crippen LogP contribution in [0.3, 0.4) is 0 Å². The molecule has 3 unspecified atom stereocenters. The normalized spacial score (nSPS) is 14.0. The Bertz CT molecular complexity index is 1640. The molecule has 3 atom stereocenters. The highest BCUT2D eigenvalue weighted by Gasteiger charge is 2.28. The van der Waals surface area contributed by atoms with Crippen LogP contribution >= 0.6 is 7.82 Å². The first-order valence-electron chi connectivity index (χ1n) is 30.1. The van der Waals surface area contributed by atoms with Crippen LogP contribution in [0.15, 0.2) is 97.2 Å². The molecule has 11 nitrogen and oxygen atoms in total. The molecule has 0 saturated heterocycles. The lowest BCUT2D eigenvalue weighted by Crippen LogP contribution is -2.30. The number of phosphoric ester groups is 1. The van der Waals surface area contributed by atoms with Gasteiger partial charge in [-0.1, -0.05) is 214 Å². The van der Waals surface area contributed by atoms with Gasteiger partial charge in [-0.25, -0.2) is 4.57 Å². The third kappa shape index (κ3) is 55.2. The molecule has 0 radical (unpaired) electrons. The van der Waals surface area contributed by atoms with Crippen molar-refractivity contribution in [2.75, 3.05) is 26.4 Å². The molecule has 0 bridgehead atoms. The van der Waals surface area contributed by atoms with Gasteiger partial charge in [0.15, 0.2) is 6.10 Å². The van der Waals surface area contributed by atoms with Gasteiger partial charge in [0.2, 0.25) is 0 Å². The number of hydrogen-bond donors (Lipinski definition) is 2. The first kappa shape index (κ1) is 72.4. The summed E-state index contributed by atoms with van der Waals surface area (Å²) in [5, 5.41) is 9.81. The first-order valence-corrected chi connectivity index (χ1v) is 31.6. The molecule has 76 heavy (non-hydrogen) atoms. The summed E-state index contributed by atoms with van der Waals surface area (Å²) in [4.78, 5) is 48.6. The van der Waals surface area contributed by atoms with Gasteiger partial charge in [-0.2, -0.15) is 0 Å². The average molecular weight is 1090 g/mol. The zero-order valence-electron chi connectivity index (χ0n) is 48.2. The van der Waals surface area contributed by atoms with E-state index in [4.69, 9.17) is 23.3 Å². The summed E-state index contributed by atoms with van der Waals surface area (Å²) >= 11 is 0. The number of aliphatic hydroxyl groups is 1. The van der Waals surface area contributed by atoms with Crippen LogP contribution in [0.5, 0.6) is 0 Å². The van der Waals surface area contributed by atoms with Crippen LogP contribution < -0.4 is 0 Å². The van der Waals surface area contributed by atoms with Crippen LogP contribution in [0.4, 0.5) is 0 Å². The fraction of sp³-hybridized carbons (Fsp3) is 0.703. The van der Waals surface area contributed by atoms with E-state index < -0.39 is 57.8 Å². The molecule has 0 heterocycles. The Balaban J connectivity index is 4.78. The minimum Gasteiger partial charge on any atom is -0.462 e. The van der Waals surface area contributed by atoms with Gasteiger partial charge in [0.05, 0.1) is 19.8 Å². The molecule has 436 valence electrons. The Morgan fingerprint density at radius 2 is 0.684 bits per heavy atom. The molecule has 0 amide bonds. The molecular weight excluding hydrogens is 976 g/mol. The van der Waals surface area contributed by atoms with Gasteiger partial charge in [-0.15, -0.1) is 0 Å². The minimum absolute atomic E-state index is 0.137. The van der Waals surface area contributed by atoms with E-state index in [0.717, 1.165) is 135 Å². The number of ether oxygens (including phenoxy) is 3. The van der Waals surface area contributed by atoms with Crippen molar-refractivity contribution in [3.8, 4) is 0 Å². The molecule has 0 spiro atoms. The highest BCUT2D eigenvalue weighted by atomic mass is 31.2. The highest BCUT2D eigenvalue weighted by molar-refractivity contribution is 7.47. The molecule has 0 aromatic rings. The Hall–Kier alpha value is -3.60. The highest BCUT2D eigenvalue weighted by Crippen LogP contribution is 2.43. The Labute approximate surface area is 463 Å². The molecule has 0 aliphatic carbocycles. The van der Waals surface area contributed by atoms with E-state index in [-0.39, 0.29) is 25.9 Å². The van der Waals surface area contributed by atoms with E-state index in [2.05, 4.69) is 118 Å². The molecule has 2 N–H and O–H groups in total. The van der Waals surface area contributed by atoms with Gasteiger partial charge in [0, 0.05) is 19.3 Å². The monoisotopic (exact) mass is 1080 g/mol.